The summed E-state index contributed by atoms with van der Waals surface area (Å²) < 4.78 is 33.3. The monoisotopic (exact) mass is 482 g/mol. The molecule has 0 saturated heterocycles. The predicted octanol–water partition coefficient (Wildman–Crippen LogP) is 2.44. The van der Waals surface area contributed by atoms with Gasteiger partial charge < -0.3 is 15.8 Å². The summed E-state index contributed by atoms with van der Waals surface area (Å²) in [6.07, 6.45) is 4.46. The van der Waals surface area contributed by atoms with Crippen molar-refractivity contribution in [3.63, 3.8) is 0 Å². The summed E-state index contributed by atoms with van der Waals surface area (Å²) in [5.74, 6) is 0.419. The maximum absolute atomic E-state index is 12.9. The van der Waals surface area contributed by atoms with Gasteiger partial charge in [0, 0.05) is 18.0 Å². The molecule has 0 saturated carbocycles. The Balaban J connectivity index is 1.46. The van der Waals surface area contributed by atoms with Crippen LogP contribution in [0.4, 0.5) is 5.69 Å². The third-order valence-corrected chi connectivity index (χ3v) is 5.71. The van der Waals surface area contributed by atoms with Gasteiger partial charge in [0.1, 0.15) is 30.6 Å². The number of anilines is 1. The fraction of sp³-hybridized carbons (Fsp3) is 0.190. The first-order valence-electron chi connectivity index (χ1n) is 9.97. The second-order valence-electron chi connectivity index (χ2n) is 8.08. The molecule has 3 heterocycles. The van der Waals surface area contributed by atoms with Gasteiger partial charge in [-0.15, -0.1) is 4.40 Å². The molecule has 2 aromatic heterocycles. The molecule has 0 fully saturated rings. The van der Waals surface area contributed by atoms with Crippen molar-refractivity contribution < 1.29 is 18.6 Å². The lowest BCUT2D eigenvalue weighted by atomic mass is 10.1. The number of imidazole rings is 1. The number of rotatable bonds is 6. The molecule has 176 valence electrons. The second-order valence-corrected chi connectivity index (χ2v) is 9.51. The minimum Gasteiger partial charge on any atom is -0.490 e. The Morgan fingerprint density at radius 1 is 1.35 bits per heavy atom. The number of fused-ring (bicyclic) bond motifs is 1. The number of aromatic nitrogens is 3. The van der Waals surface area contributed by atoms with E-state index in [0.717, 1.165) is 0 Å². The number of pyridine rings is 1. The van der Waals surface area contributed by atoms with Crippen LogP contribution in [0.1, 0.15) is 35.5 Å². The van der Waals surface area contributed by atoms with Crippen LogP contribution in [0.25, 0.3) is 5.82 Å². The van der Waals surface area contributed by atoms with Gasteiger partial charge in [-0.1, -0.05) is 6.07 Å². The molecular formula is C21H22N8O4S. The third kappa shape index (κ3) is 4.94. The zero-order valence-corrected chi connectivity index (χ0v) is 19.1. The van der Waals surface area contributed by atoms with Crippen LogP contribution in [-0.4, -0.2) is 47.5 Å². The molecule has 1 amide bonds. The molecule has 4 rings (SSSR count). The summed E-state index contributed by atoms with van der Waals surface area (Å²) in [5.41, 5.74) is 6.54. The molecule has 3 aromatic rings. The number of ether oxygens (including phenoxy) is 1. The lowest BCUT2D eigenvalue weighted by Crippen LogP contribution is -2.48. The molecule has 0 unspecified atom stereocenters. The molecular weight excluding hydrogens is 460 g/mol. The highest BCUT2D eigenvalue weighted by molar-refractivity contribution is 8.24. The Hall–Kier alpha value is -4.12. The molecule has 13 heteroatoms. The van der Waals surface area contributed by atoms with Crippen molar-refractivity contribution >= 4 is 28.4 Å². The van der Waals surface area contributed by atoms with Crippen molar-refractivity contribution in [2.75, 3.05) is 11.3 Å². The standard InChI is InChI=1S/C21H22N8O4S/c1-21(2,11-33-16-5-3-4-15-18(16)19(23)28-34(31,32)27-15)26-20(30)13-6-7-24-17(8-13)29-10-14(9-22)25-12-29/h3-8,10,12,27,31-32H,11H2,1-2H3,(H2,23,28)(H,26,30). The van der Waals surface area contributed by atoms with Crippen molar-refractivity contribution in [3.8, 4) is 17.6 Å². The summed E-state index contributed by atoms with van der Waals surface area (Å²) in [6.45, 7) is 3.68. The highest BCUT2D eigenvalue weighted by atomic mass is 32.3. The highest BCUT2D eigenvalue weighted by Gasteiger charge is 2.27. The fourth-order valence-corrected chi connectivity index (χ4v) is 4.11. The number of nitrogens with zero attached hydrogens (tertiary/aromatic N) is 5. The zero-order valence-electron chi connectivity index (χ0n) is 18.3. The first-order chi connectivity index (χ1) is 16.1. The van der Waals surface area contributed by atoms with Gasteiger partial charge in [0.25, 0.3) is 5.91 Å². The Labute approximate surface area is 196 Å². The number of amides is 1. The number of benzene rings is 1. The van der Waals surface area contributed by atoms with Crippen LogP contribution in [-0.2, 0) is 0 Å². The largest absolute Gasteiger partial charge is 0.490 e. The fourth-order valence-electron chi connectivity index (χ4n) is 3.23. The summed E-state index contributed by atoms with van der Waals surface area (Å²) in [7, 11) is -3.40. The lowest BCUT2D eigenvalue weighted by molar-refractivity contribution is 0.0880. The third-order valence-electron chi connectivity index (χ3n) is 4.76. The Morgan fingerprint density at radius 2 is 2.15 bits per heavy atom. The lowest BCUT2D eigenvalue weighted by Gasteiger charge is -2.34. The second kappa shape index (κ2) is 8.67. The van der Waals surface area contributed by atoms with Crippen LogP contribution >= 0.6 is 11.0 Å². The number of hydrogen-bond acceptors (Lipinski definition) is 10. The van der Waals surface area contributed by atoms with E-state index in [1.54, 1.807) is 48.7 Å². The van der Waals surface area contributed by atoms with Crippen molar-refractivity contribution in [2.24, 2.45) is 10.1 Å². The van der Waals surface area contributed by atoms with E-state index in [0.29, 0.717) is 28.4 Å². The molecule has 34 heavy (non-hydrogen) atoms. The quantitative estimate of drug-likeness (QED) is 0.352. The summed E-state index contributed by atoms with van der Waals surface area (Å²) in [6, 6.07) is 10.1. The van der Waals surface area contributed by atoms with Crippen molar-refractivity contribution in [1.82, 2.24) is 19.9 Å². The van der Waals surface area contributed by atoms with Crippen molar-refractivity contribution in [2.45, 2.75) is 19.4 Å². The minimum absolute atomic E-state index is 0.0606. The van der Waals surface area contributed by atoms with Crippen LogP contribution in [0, 0.1) is 11.3 Å². The van der Waals surface area contributed by atoms with Gasteiger partial charge in [0.05, 0.1) is 16.8 Å². The maximum atomic E-state index is 12.9. The molecule has 0 atom stereocenters. The van der Waals surface area contributed by atoms with Crippen LogP contribution in [0.15, 0.2) is 53.5 Å². The molecule has 0 bridgehead atoms. The van der Waals surface area contributed by atoms with E-state index in [9.17, 15) is 13.9 Å². The number of nitrogens with two attached hydrogens (primary N) is 1. The van der Waals surface area contributed by atoms with E-state index >= 15 is 0 Å². The number of carbonyl (C=O) groups is 1. The van der Waals surface area contributed by atoms with Crippen molar-refractivity contribution in [3.05, 3.63) is 65.9 Å². The van der Waals surface area contributed by atoms with E-state index < -0.39 is 16.5 Å². The molecule has 12 nitrogen and oxygen atoms in total. The van der Waals surface area contributed by atoms with Crippen LogP contribution < -0.4 is 20.5 Å². The first kappa shape index (κ1) is 23.1. The molecule has 1 aromatic carbocycles. The summed E-state index contributed by atoms with van der Waals surface area (Å²) >= 11 is 0. The van der Waals surface area contributed by atoms with E-state index in [-0.39, 0.29) is 24.0 Å². The number of nitrogens with one attached hydrogen (secondary N) is 2. The Morgan fingerprint density at radius 3 is 2.88 bits per heavy atom. The van der Waals surface area contributed by atoms with E-state index in [2.05, 4.69) is 24.4 Å². The average molecular weight is 483 g/mol. The summed E-state index contributed by atoms with van der Waals surface area (Å²) in [5, 5.41) is 11.9. The Kier molecular flexibility index (Phi) is 5.88. The van der Waals surface area contributed by atoms with Gasteiger partial charge >= 0.3 is 0 Å². The van der Waals surface area contributed by atoms with E-state index in [1.165, 1.54) is 18.7 Å². The van der Waals surface area contributed by atoms with Gasteiger partial charge in [-0.05, 0) is 49.1 Å². The molecule has 6 N–H and O–H groups in total. The topological polar surface area (TPSA) is 184 Å². The molecule has 0 spiro atoms. The van der Waals surface area contributed by atoms with Gasteiger partial charge in [-0.3, -0.25) is 23.2 Å². The Bertz CT molecular complexity index is 1330. The van der Waals surface area contributed by atoms with Gasteiger partial charge in [-0.2, -0.15) is 5.26 Å². The van der Waals surface area contributed by atoms with E-state index in [1.807, 2.05) is 6.07 Å². The van der Waals surface area contributed by atoms with Crippen LogP contribution in [0.3, 0.4) is 0 Å². The maximum Gasteiger partial charge on any atom is 0.252 e. The SMILES string of the molecule is CC(C)(COc1cccc2c1C(N)=NS(O)(O)N2)NC(=O)c1ccnc(-n2cnc(C#N)c2)c1. The predicted molar refractivity (Wildman–Crippen MR) is 127 cm³/mol. The van der Waals surface area contributed by atoms with Gasteiger partial charge in [-0.25, -0.2) is 9.97 Å². The first-order valence-corrected chi connectivity index (χ1v) is 11.5. The van der Waals surface area contributed by atoms with Gasteiger partial charge in [0.2, 0.25) is 0 Å². The molecule has 0 radical (unpaired) electrons. The van der Waals surface area contributed by atoms with E-state index in [4.69, 9.17) is 15.7 Å². The molecule has 1 aliphatic heterocycles. The normalized spacial score (nSPS) is 15.2. The minimum atomic E-state index is -3.40. The number of nitriles is 1. The number of carbonyl (C=O) groups excluding carboxylic acids is 1. The van der Waals surface area contributed by atoms with Crippen LogP contribution in [0.5, 0.6) is 5.75 Å². The molecule has 0 aliphatic carbocycles. The highest BCUT2D eigenvalue weighted by Crippen LogP contribution is 2.46. The average Bonchev–Trinajstić information content (AvgIpc) is 3.26. The summed E-state index contributed by atoms with van der Waals surface area (Å²) in [4.78, 5) is 21.1. The zero-order chi connectivity index (χ0) is 24.5. The molecule has 1 aliphatic rings. The van der Waals surface area contributed by atoms with Crippen LogP contribution in [0.2, 0.25) is 0 Å². The number of hydrogen-bond donors (Lipinski definition) is 5. The smallest absolute Gasteiger partial charge is 0.252 e. The number of amidine groups is 1. The van der Waals surface area contributed by atoms with Gasteiger partial charge in [0.15, 0.2) is 11.5 Å². The van der Waals surface area contributed by atoms with Crippen molar-refractivity contribution in [1.29, 1.82) is 5.26 Å².